The predicted octanol–water partition coefficient (Wildman–Crippen LogP) is 5.77. The van der Waals surface area contributed by atoms with Gasteiger partial charge in [-0.15, -0.1) is 0 Å². The Morgan fingerprint density at radius 2 is 1.83 bits per heavy atom. The monoisotopic (exact) mass is 246 g/mol. The molecule has 0 aromatic rings. The second kappa shape index (κ2) is 5.07. The molecule has 102 valence electrons. The van der Waals surface area contributed by atoms with Crippen molar-refractivity contribution in [1.29, 1.82) is 0 Å². The van der Waals surface area contributed by atoms with Crippen LogP contribution in [0.4, 0.5) is 0 Å². The number of hydrogen-bond acceptors (Lipinski definition) is 0. The summed E-state index contributed by atoms with van der Waals surface area (Å²) < 4.78 is 0. The van der Waals surface area contributed by atoms with Crippen LogP contribution >= 0.6 is 0 Å². The van der Waals surface area contributed by atoms with E-state index in [2.05, 4.69) is 73.3 Å². The van der Waals surface area contributed by atoms with E-state index in [1.54, 1.807) is 0 Å². The van der Waals surface area contributed by atoms with Gasteiger partial charge in [-0.05, 0) is 35.7 Å². The van der Waals surface area contributed by atoms with Gasteiger partial charge in [-0.3, -0.25) is 0 Å². The summed E-state index contributed by atoms with van der Waals surface area (Å²) in [4.78, 5) is 0. The molecule has 0 amide bonds. The molecule has 1 aliphatic carbocycles. The topological polar surface area (TPSA) is 0 Å². The van der Waals surface area contributed by atoms with Crippen LogP contribution < -0.4 is 0 Å². The maximum absolute atomic E-state index is 4.05. The van der Waals surface area contributed by atoms with E-state index in [-0.39, 0.29) is 0 Å². The fourth-order valence-corrected chi connectivity index (χ4v) is 2.36. The second-order valence-corrected chi connectivity index (χ2v) is 7.64. The zero-order valence-corrected chi connectivity index (χ0v) is 13.3. The minimum atomic E-state index is 0.345. The molecule has 0 fully saturated rings. The molecule has 2 unspecified atom stereocenters. The Morgan fingerprint density at radius 1 is 1.28 bits per heavy atom. The predicted molar refractivity (Wildman–Crippen MR) is 82.5 cm³/mol. The molecule has 0 saturated carbocycles. The Kier molecular flexibility index (Phi) is 4.30. The molecule has 0 heterocycles. The van der Waals surface area contributed by atoms with Gasteiger partial charge in [-0.25, -0.2) is 0 Å². The molecule has 1 rings (SSSR count). The van der Waals surface area contributed by atoms with Crippen molar-refractivity contribution in [3.63, 3.8) is 0 Å². The first-order valence-corrected chi connectivity index (χ1v) is 7.10. The van der Waals surface area contributed by atoms with Gasteiger partial charge in [0.2, 0.25) is 0 Å². The molecular formula is C18H30. The van der Waals surface area contributed by atoms with Gasteiger partial charge in [0.15, 0.2) is 0 Å². The van der Waals surface area contributed by atoms with Gasteiger partial charge in [-0.2, -0.15) is 0 Å². The number of hydrogen-bond donors (Lipinski definition) is 0. The lowest BCUT2D eigenvalue weighted by atomic mass is 9.64. The lowest BCUT2D eigenvalue weighted by molar-refractivity contribution is 0.106. The summed E-state index contributed by atoms with van der Waals surface area (Å²) in [5.41, 5.74) is 3.42. The standard InChI is InChI=1S/C18H30/c1-13(2)15-9-10-16(11-15)14(3)12-18(7,8)17(4,5)6/h9-11,14-15H,1,12H2,2-8H3. The Bertz CT molecular complexity index is 371. The first-order chi connectivity index (χ1) is 8.04. The van der Waals surface area contributed by atoms with Crippen LogP contribution in [0.1, 0.15) is 54.9 Å². The van der Waals surface area contributed by atoms with Crippen molar-refractivity contribution in [1.82, 2.24) is 0 Å². The van der Waals surface area contributed by atoms with Crippen LogP contribution in [0.3, 0.4) is 0 Å². The first-order valence-electron chi connectivity index (χ1n) is 7.10. The van der Waals surface area contributed by atoms with E-state index in [1.165, 1.54) is 17.6 Å². The quantitative estimate of drug-likeness (QED) is 0.552. The zero-order chi connectivity index (χ0) is 14.1. The second-order valence-electron chi connectivity index (χ2n) is 7.64. The van der Waals surface area contributed by atoms with Crippen LogP contribution in [-0.4, -0.2) is 0 Å². The van der Waals surface area contributed by atoms with Gasteiger partial charge in [0, 0.05) is 5.92 Å². The molecule has 0 saturated heterocycles. The Balaban J connectivity index is 2.74. The van der Waals surface area contributed by atoms with Gasteiger partial charge in [0.1, 0.15) is 0 Å². The van der Waals surface area contributed by atoms with Crippen molar-refractivity contribution in [2.45, 2.75) is 54.9 Å². The highest BCUT2D eigenvalue weighted by Gasteiger charge is 2.34. The van der Waals surface area contributed by atoms with Crippen LogP contribution in [0.15, 0.2) is 36.0 Å². The van der Waals surface area contributed by atoms with Gasteiger partial charge in [-0.1, -0.05) is 71.9 Å². The largest absolute Gasteiger partial charge is 0.0992 e. The van der Waals surface area contributed by atoms with Crippen molar-refractivity contribution < 1.29 is 0 Å². The van der Waals surface area contributed by atoms with E-state index in [9.17, 15) is 0 Å². The van der Waals surface area contributed by atoms with Crippen LogP contribution in [0.5, 0.6) is 0 Å². The molecule has 1 aliphatic rings. The minimum Gasteiger partial charge on any atom is -0.0992 e. The van der Waals surface area contributed by atoms with Crippen molar-refractivity contribution in [2.75, 3.05) is 0 Å². The van der Waals surface area contributed by atoms with Crippen LogP contribution in [0.2, 0.25) is 0 Å². The highest BCUT2D eigenvalue weighted by Crippen LogP contribution is 2.44. The Morgan fingerprint density at radius 3 is 2.22 bits per heavy atom. The lowest BCUT2D eigenvalue weighted by Gasteiger charge is -2.41. The summed E-state index contributed by atoms with van der Waals surface area (Å²) in [5.74, 6) is 1.08. The summed E-state index contributed by atoms with van der Waals surface area (Å²) >= 11 is 0. The van der Waals surface area contributed by atoms with E-state index in [0.29, 0.717) is 22.7 Å². The van der Waals surface area contributed by atoms with Crippen molar-refractivity contribution in [3.8, 4) is 0 Å². The summed E-state index contributed by atoms with van der Waals surface area (Å²) in [5, 5.41) is 0. The summed E-state index contributed by atoms with van der Waals surface area (Å²) in [6.07, 6.45) is 8.18. The molecule has 0 nitrogen and oxygen atoms in total. The van der Waals surface area contributed by atoms with E-state index in [1.807, 2.05) is 0 Å². The van der Waals surface area contributed by atoms with Gasteiger partial charge in [0.05, 0.1) is 0 Å². The van der Waals surface area contributed by atoms with E-state index < -0.39 is 0 Å². The minimum absolute atomic E-state index is 0.345. The number of allylic oxidation sites excluding steroid dienone is 5. The third kappa shape index (κ3) is 3.37. The van der Waals surface area contributed by atoms with E-state index >= 15 is 0 Å². The molecular weight excluding hydrogens is 216 g/mol. The normalized spacial score (nSPS) is 21.9. The molecule has 0 radical (unpaired) electrons. The molecule has 0 aliphatic heterocycles. The molecule has 0 bridgehead atoms. The van der Waals surface area contributed by atoms with Crippen LogP contribution in [0, 0.1) is 22.7 Å². The Labute approximate surface area is 114 Å². The molecule has 0 spiro atoms. The molecule has 18 heavy (non-hydrogen) atoms. The maximum atomic E-state index is 4.05. The average Bonchev–Trinajstić information content (AvgIpc) is 2.63. The Hall–Kier alpha value is -0.780. The maximum Gasteiger partial charge on any atom is 0.0160 e. The SMILES string of the molecule is C=C(C)C1C=CC(C(C)CC(C)(C)C(C)(C)C)=C1. The van der Waals surface area contributed by atoms with Gasteiger partial charge >= 0.3 is 0 Å². The summed E-state index contributed by atoms with van der Waals surface area (Å²) in [7, 11) is 0. The molecule has 0 aromatic heterocycles. The van der Waals surface area contributed by atoms with Crippen LogP contribution in [0.25, 0.3) is 0 Å². The molecule has 0 N–H and O–H groups in total. The first kappa shape index (κ1) is 15.3. The van der Waals surface area contributed by atoms with E-state index in [0.717, 1.165) is 0 Å². The van der Waals surface area contributed by atoms with Gasteiger partial charge in [0.25, 0.3) is 0 Å². The summed E-state index contributed by atoms with van der Waals surface area (Å²) in [6.45, 7) is 20.3. The molecule has 0 heteroatoms. The molecule has 0 aromatic carbocycles. The highest BCUT2D eigenvalue weighted by molar-refractivity contribution is 5.35. The van der Waals surface area contributed by atoms with Crippen LogP contribution in [-0.2, 0) is 0 Å². The van der Waals surface area contributed by atoms with Crippen molar-refractivity contribution in [3.05, 3.63) is 36.0 Å². The third-order valence-electron chi connectivity index (χ3n) is 4.85. The van der Waals surface area contributed by atoms with Gasteiger partial charge < -0.3 is 0 Å². The summed E-state index contributed by atoms with van der Waals surface area (Å²) in [6, 6.07) is 0. The zero-order valence-electron chi connectivity index (χ0n) is 13.3. The molecule has 2 atom stereocenters. The van der Waals surface area contributed by atoms with Crippen molar-refractivity contribution in [2.24, 2.45) is 22.7 Å². The fourth-order valence-electron chi connectivity index (χ4n) is 2.36. The van der Waals surface area contributed by atoms with E-state index in [4.69, 9.17) is 0 Å². The average molecular weight is 246 g/mol. The third-order valence-corrected chi connectivity index (χ3v) is 4.85. The lowest BCUT2D eigenvalue weighted by Crippen LogP contribution is -2.31. The number of rotatable bonds is 4. The van der Waals surface area contributed by atoms with Crippen molar-refractivity contribution >= 4 is 0 Å². The smallest absolute Gasteiger partial charge is 0.0160 e. The highest BCUT2D eigenvalue weighted by atomic mass is 14.4. The fraction of sp³-hybridized carbons (Fsp3) is 0.667.